The minimum absolute atomic E-state index is 0.157. The highest BCUT2D eigenvalue weighted by atomic mass is 32.1. The van der Waals surface area contributed by atoms with Crippen LogP contribution >= 0.6 is 11.3 Å². The Morgan fingerprint density at radius 3 is 2.74 bits per heavy atom. The third-order valence-corrected chi connectivity index (χ3v) is 4.48. The summed E-state index contributed by atoms with van der Waals surface area (Å²) in [5, 5.41) is 2.84. The van der Waals surface area contributed by atoms with Gasteiger partial charge in [0.15, 0.2) is 0 Å². The van der Waals surface area contributed by atoms with E-state index in [0.717, 1.165) is 16.1 Å². The van der Waals surface area contributed by atoms with Crippen molar-refractivity contribution in [3.8, 4) is 10.4 Å². The molecule has 0 aliphatic carbocycles. The molecule has 0 bridgehead atoms. The molecule has 23 heavy (non-hydrogen) atoms. The molecule has 3 nitrogen and oxygen atoms in total. The van der Waals surface area contributed by atoms with E-state index in [1.807, 2.05) is 43.3 Å². The lowest BCUT2D eigenvalue weighted by molar-refractivity contribution is -0.111. The summed E-state index contributed by atoms with van der Waals surface area (Å²) < 4.78 is 0. The van der Waals surface area contributed by atoms with Crippen molar-refractivity contribution in [1.82, 2.24) is 4.98 Å². The first-order valence-corrected chi connectivity index (χ1v) is 8.09. The Labute approximate surface area is 139 Å². The predicted molar refractivity (Wildman–Crippen MR) is 96.4 cm³/mol. The van der Waals surface area contributed by atoms with Gasteiger partial charge in [-0.1, -0.05) is 30.3 Å². The normalized spacial score (nSPS) is 10.8. The van der Waals surface area contributed by atoms with Crippen LogP contribution in [0.25, 0.3) is 16.5 Å². The molecule has 3 rings (SSSR count). The first-order valence-electron chi connectivity index (χ1n) is 7.27. The van der Waals surface area contributed by atoms with Crippen molar-refractivity contribution in [3.05, 3.63) is 77.4 Å². The Morgan fingerprint density at radius 2 is 1.96 bits per heavy atom. The number of amides is 1. The van der Waals surface area contributed by atoms with Crippen LogP contribution in [-0.2, 0) is 4.79 Å². The fraction of sp³-hybridized carbons (Fsp3) is 0.0526. The second-order valence-corrected chi connectivity index (χ2v) is 6.20. The summed E-state index contributed by atoms with van der Waals surface area (Å²) in [5.74, 6) is -0.157. The zero-order valence-electron chi connectivity index (χ0n) is 12.7. The molecule has 1 aromatic carbocycles. The molecule has 4 heteroatoms. The number of hydrogen-bond acceptors (Lipinski definition) is 3. The van der Waals surface area contributed by atoms with Crippen molar-refractivity contribution in [2.45, 2.75) is 6.92 Å². The number of hydrogen-bond donors (Lipinski definition) is 1. The predicted octanol–water partition coefficient (Wildman–Crippen LogP) is 4.77. The van der Waals surface area contributed by atoms with Crippen LogP contribution in [0.4, 0.5) is 5.69 Å². The standard InChI is InChI=1S/C19H16N2OS/c1-14-11-12-20-13-17(14)21-19(22)10-8-16-7-9-18(23-16)15-5-3-2-4-6-15/h2-13H,1H3,(H,21,22)/b10-8+. The minimum Gasteiger partial charge on any atom is -0.321 e. The molecule has 0 aliphatic rings. The van der Waals surface area contributed by atoms with Gasteiger partial charge in [0.05, 0.1) is 11.9 Å². The van der Waals surface area contributed by atoms with E-state index >= 15 is 0 Å². The minimum atomic E-state index is -0.157. The number of anilines is 1. The second-order valence-electron chi connectivity index (χ2n) is 5.08. The van der Waals surface area contributed by atoms with E-state index in [0.29, 0.717) is 0 Å². The van der Waals surface area contributed by atoms with Gasteiger partial charge in [-0.25, -0.2) is 0 Å². The van der Waals surface area contributed by atoms with Gasteiger partial charge < -0.3 is 5.32 Å². The van der Waals surface area contributed by atoms with Crippen LogP contribution < -0.4 is 5.32 Å². The first kappa shape index (κ1) is 15.2. The van der Waals surface area contributed by atoms with E-state index in [-0.39, 0.29) is 5.91 Å². The second kappa shape index (κ2) is 7.03. The largest absolute Gasteiger partial charge is 0.321 e. The third-order valence-electron chi connectivity index (χ3n) is 3.38. The molecule has 0 fully saturated rings. The highest BCUT2D eigenvalue weighted by Gasteiger charge is 2.03. The maximum atomic E-state index is 12.0. The number of nitrogens with zero attached hydrogens (tertiary/aromatic N) is 1. The SMILES string of the molecule is Cc1ccncc1NC(=O)/C=C/c1ccc(-c2ccccc2)s1. The van der Waals surface area contributed by atoms with Gasteiger partial charge in [0, 0.05) is 22.0 Å². The Kier molecular flexibility index (Phi) is 4.64. The molecule has 2 heterocycles. The van der Waals surface area contributed by atoms with Gasteiger partial charge in [0.2, 0.25) is 5.91 Å². The highest BCUT2D eigenvalue weighted by Crippen LogP contribution is 2.28. The van der Waals surface area contributed by atoms with Gasteiger partial charge in [0.25, 0.3) is 0 Å². The Hall–Kier alpha value is -2.72. The van der Waals surface area contributed by atoms with Gasteiger partial charge in [-0.2, -0.15) is 0 Å². The van der Waals surface area contributed by atoms with Gasteiger partial charge in [-0.3, -0.25) is 9.78 Å². The molecule has 0 aliphatic heterocycles. The van der Waals surface area contributed by atoms with Gasteiger partial charge in [-0.15, -0.1) is 11.3 Å². The molecule has 0 atom stereocenters. The summed E-state index contributed by atoms with van der Waals surface area (Å²) in [6, 6.07) is 16.2. The average molecular weight is 320 g/mol. The summed E-state index contributed by atoms with van der Waals surface area (Å²) in [5.41, 5.74) is 2.91. The number of rotatable bonds is 4. The van der Waals surface area contributed by atoms with Crippen LogP contribution in [0.1, 0.15) is 10.4 Å². The van der Waals surface area contributed by atoms with Gasteiger partial charge in [-0.05, 0) is 42.3 Å². The monoisotopic (exact) mass is 320 g/mol. The van der Waals surface area contributed by atoms with Crippen LogP contribution in [-0.4, -0.2) is 10.9 Å². The van der Waals surface area contributed by atoms with E-state index in [1.165, 1.54) is 10.4 Å². The Balaban J connectivity index is 1.68. The van der Waals surface area contributed by atoms with Gasteiger partial charge in [0.1, 0.15) is 0 Å². The van der Waals surface area contributed by atoms with Crippen molar-refractivity contribution in [2.75, 3.05) is 5.32 Å². The van der Waals surface area contributed by atoms with Crippen LogP contribution in [0.5, 0.6) is 0 Å². The first-order chi connectivity index (χ1) is 11.2. The van der Waals surface area contributed by atoms with E-state index in [2.05, 4.69) is 28.5 Å². The van der Waals surface area contributed by atoms with Crippen molar-refractivity contribution < 1.29 is 4.79 Å². The molecule has 0 saturated heterocycles. The van der Waals surface area contributed by atoms with E-state index in [1.54, 1.807) is 29.8 Å². The van der Waals surface area contributed by atoms with Gasteiger partial charge >= 0.3 is 0 Å². The topological polar surface area (TPSA) is 42.0 Å². The zero-order valence-corrected chi connectivity index (χ0v) is 13.5. The molecule has 1 amide bonds. The summed E-state index contributed by atoms with van der Waals surface area (Å²) >= 11 is 1.66. The van der Waals surface area contributed by atoms with Crippen LogP contribution in [0.2, 0.25) is 0 Å². The fourth-order valence-electron chi connectivity index (χ4n) is 2.13. The lowest BCUT2D eigenvalue weighted by atomic mass is 10.2. The summed E-state index contributed by atoms with van der Waals surface area (Å²) in [6.45, 7) is 1.94. The number of thiophene rings is 1. The number of nitrogens with one attached hydrogen (secondary N) is 1. The van der Waals surface area contributed by atoms with Crippen molar-refractivity contribution in [1.29, 1.82) is 0 Å². The molecule has 0 unspecified atom stereocenters. The van der Waals surface area contributed by atoms with E-state index in [4.69, 9.17) is 0 Å². The van der Waals surface area contributed by atoms with E-state index in [9.17, 15) is 4.79 Å². The smallest absolute Gasteiger partial charge is 0.248 e. The molecule has 0 radical (unpaired) electrons. The number of aryl methyl sites for hydroxylation is 1. The lowest BCUT2D eigenvalue weighted by Gasteiger charge is -2.04. The molecule has 1 N–H and O–H groups in total. The number of benzene rings is 1. The molecule has 2 aromatic heterocycles. The number of carbonyl (C=O) groups excluding carboxylic acids is 1. The Morgan fingerprint density at radius 1 is 1.13 bits per heavy atom. The van der Waals surface area contributed by atoms with Crippen LogP contribution in [0.15, 0.2) is 67.0 Å². The molecule has 114 valence electrons. The third kappa shape index (κ3) is 3.93. The summed E-state index contributed by atoms with van der Waals surface area (Å²) in [6.07, 6.45) is 6.74. The number of carbonyl (C=O) groups is 1. The fourth-order valence-corrected chi connectivity index (χ4v) is 3.04. The quantitative estimate of drug-likeness (QED) is 0.704. The average Bonchev–Trinajstić information content (AvgIpc) is 3.05. The number of aromatic nitrogens is 1. The van der Waals surface area contributed by atoms with Crippen molar-refractivity contribution in [2.24, 2.45) is 0 Å². The molecule has 0 saturated carbocycles. The van der Waals surface area contributed by atoms with E-state index < -0.39 is 0 Å². The highest BCUT2D eigenvalue weighted by molar-refractivity contribution is 7.16. The summed E-state index contributed by atoms with van der Waals surface area (Å²) in [4.78, 5) is 18.2. The molecular weight excluding hydrogens is 304 g/mol. The maximum Gasteiger partial charge on any atom is 0.248 e. The maximum absolute atomic E-state index is 12.0. The van der Waals surface area contributed by atoms with Crippen molar-refractivity contribution in [3.63, 3.8) is 0 Å². The lowest BCUT2D eigenvalue weighted by Crippen LogP contribution is -2.08. The molecule has 0 spiro atoms. The number of pyridine rings is 1. The van der Waals surface area contributed by atoms with Crippen LogP contribution in [0, 0.1) is 6.92 Å². The molecule has 3 aromatic rings. The van der Waals surface area contributed by atoms with Crippen molar-refractivity contribution >= 4 is 29.0 Å². The summed E-state index contributed by atoms with van der Waals surface area (Å²) in [7, 11) is 0. The molecular formula is C19H16N2OS. The van der Waals surface area contributed by atoms with Crippen LogP contribution in [0.3, 0.4) is 0 Å². The Bertz CT molecular complexity index is 837. The zero-order chi connectivity index (χ0) is 16.1.